The second kappa shape index (κ2) is 9.37. The summed E-state index contributed by atoms with van der Waals surface area (Å²) in [6, 6.07) is 2.14. The molecule has 0 aromatic carbocycles. The van der Waals surface area contributed by atoms with E-state index in [1.807, 2.05) is 0 Å². The number of hydrogen-bond donors (Lipinski definition) is 0. The molecular formula is C18H26OS2. The van der Waals surface area contributed by atoms with Crippen LogP contribution >= 0.6 is 22.7 Å². The van der Waals surface area contributed by atoms with E-state index in [-0.39, 0.29) is 0 Å². The summed E-state index contributed by atoms with van der Waals surface area (Å²) in [6.45, 7) is 2.27. The summed E-state index contributed by atoms with van der Waals surface area (Å²) in [5, 5.41) is 2.13. The summed E-state index contributed by atoms with van der Waals surface area (Å²) in [5.74, 6) is 0. The van der Waals surface area contributed by atoms with Crippen molar-refractivity contribution in [2.75, 3.05) is 0 Å². The van der Waals surface area contributed by atoms with Gasteiger partial charge in [-0.2, -0.15) is 0 Å². The molecule has 2 aromatic heterocycles. The minimum Gasteiger partial charge on any atom is -0.297 e. The van der Waals surface area contributed by atoms with Gasteiger partial charge in [0.2, 0.25) is 0 Å². The van der Waals surface area contributed by atoms with E-state index < -0.39 is 0 Å². The average molecular weight is 323 g/mol. The number of carbonyl (C=O) groups excluding carboxylic acids is 1. The summed E-state index contributed by atoms with van der Waals surface area (Å²) < 4.78 is 2.63. The lowest BCUT2D eigenvalue weighted by molar-refractivity contribution is 0.112. The maximum Gasteiger partial charge on any atom is 0.160 e. The first-order chi connectivity index (χ1) is 10.4. The van der Waals surface area contributed by atoms with Gasteiger partial charge in [0.1, 0.15) is 0 Å². The van der Waals surface area contributed by atoms with Crippen LogP contribution in [-0.2, 0) is 6.42 Å². The van der Waals surface area contributed by atoms with E-state index >= 15 is 0 Å². The maximum absolute atomic E-state index is 11.2. The van der Waals surface area contributed by atoms with E-state index in [1.54, 1.807) is 22.7 Å². The van der Waals surface area contributed by atoms with Crippen molar-refractivity contribution in [1.29, 1.82) is 0 Å². The highest BCUT2D eigenvalue weighted by Gasteiger charge is 2.12. The van der Waals surface area contributed by atoms with Crippen molar-refractivity contribution in [3.63, 3.8) is 0 Å². The van der Waals surface area contributed by atoms with Crippen molar-refractivity contribution < 1.29 is 4.79 Å². The lowest BCUT2D eigenvalue weighted by Gasteiger charge is -2.02. The van der Waals surface area contributed by atoms with Gasteiger partial charge in [0.15, 0.2) is 6.29 Å². The second-order valence-corrected chi connectivity index (χ2v) is 7.76. The topological polar surface area (TPSA) is 17.1 Å². The fourth-order valence-corrected chi connectivity index (χ4v) is 5.10. The smallest absolute Gasteiger partial charge is 0.160 e. The third kappa shape index (κ3) is 4.93. The zero-order valence-electron chi connectivity index (χ0n) is 13.0. The second-order valence-electron chi connectivity index (χ2n) is 5.76. The van der Waals surface area contributed by atoms with Crippen LogP contribution in [0.3, 0.4) is 0 Å². The first-order valence-electron chi connectivity index (χ1n) is 8.31. The maximum atomic E-state index is 11.2. The van der Waals surface area contributed by atoms with Crippen molar-refractivity contribution >= 4 is 38.4 Å². The number of unbranched alkanes of at least 4 members (excludes halogenated alkanes) is 8. The molecule has 2 aromatic rings. The predicted molar refractivity (Wildman–Crippen MR) is 96.0 cm³/mol. The summed E-state index contributed by atoms with van der Waals surface area (Å²) in [4.78, 5) is 12.1. The Hall–Kier alpha value is -0.670. The highest BCUT2D eigenvalue weighted by Crippen LogP contribution is 2.35. The summed E-state index contributed by atoms with van der Waals surface area (Å²) in [7, 11) is 0. The van der Waals surface area contributed by atoms with Crippen LogP contribution in [0.1, 0.15) is 79.9 Å². The molecule has 0 aliphatic rings. The number of rotatable bonds is 11. The fourth-order valence-electron chi connectivity index (χ4n) is 2.83. The molecule has 3 heteroatoms. The van der Waals surface area contributed by atoms with E-state index in [4.69, 9.17) is 0 Å². The average Bonchev–Trinajstić information content (AvgIpc) is 3.07. The van der Waals surface area contributed by atoms with Gasteiger partial charge in [-0.15, -0.1) is 22.7 Å². The molecule has 0 aliphatic carbocycles. The van der Waals surface area contributed by atoms with Gasteiger partial charge >= 0.3 is 0 Å². The van der Waals surface area contributed by atoms with Gasteiger partial charge in [-0.25, -0.2) is 0 Å². The Bertz CT molecular complexity index is 538. The lowest BCUT2D eigenvalue weighted by atomic mass is 10.0. The molecule has 1 nitrogen and oxygen atoms in total. The minimum absolute atomic E-state index is 0.955. The van der Waals surface area contributed by atoms with Crippen LogP contribution in [0.25, 0.3) is 9.40 Å². The van der Waals surface area contributed by atoms with Gasteiger partial charge in [-0.05, 0) is 29.9 Å². The Morgan fingerprint density at radius 3 is 2.33 bits per heavy atom. The van der Waals surface area contributed by atoms with Crippen molar-refractivity contribution in [2.45, 2.75) is 71.1 Å². The molecule has 0 radical (unpaired) electrons. The van der Waals surface area contributed by atoms with Gasteiger partial charge in [0.25, 0.3) is 0 Å². The van der Waals surface area contributed by atoms with Crippen molar-refractivity contribution in [3.8, 4) is 0 Å². The Balaban J connectivity index is 1.66. The molecule has 0 N–H and O–H groups in total. The molecule has 0 bridgehead atoms. The monoisotopic (exact) mass is 322 g/mol. The lowest BCUT2D eigenvalue weighted by Crippen LogP contribution is -1.88. The van der Waals surface area contributed by atoms with Crippen molar-refractivity contribution in [2.24, 2.45) is 0 Å². The van der Waals surface area contributed by atoms with Crippen LogP contribution in [0.5, 0.6) is 0 Å². The SMILES string of the molecule is CCCCCCCCCCCc1c(C=O)sc2ccsc12. The number of carbonyl (C=O) groups is 1. The molecule has 0 fully saturated rings. The van der Waals surface area contributed by atoms with E-state index in [9.17, 15) is 4.79 Å². The number of aldehydes is 1. The normalized spacial score (nSPS) is 11.3. The highest BCUT2D eigenvalue weighted by atomic mass is 32.1. The molecule has 116 valence electrons. The Morgan fingerprint density at radius 1 is 1.00 bits per heavy atom. The van der Waals surface area contributed by atoms with Gasteiger partial charge in [-0.3, -0.25) is 4.79 Å². The highest BCUT2D eigenvalue weighted by molar-refractivity contribution is 7.28. The minimum atomic E-state index is 0.955. The Morgan fingerprint density at radius 2 is 1.67 bits per heavy atom. The molecule has 0 unspecified atom stereocenters. The largest absolute Gasteiger partial charge is 0.297 e. The zero-order chi connectivity index (χ0) is 14.9. The summed E-state index contributed by atoms with van der Waals surface area (Å²) in [5.41, 5.74) is 1.31. The molecular weight excluding hydrogens is 296 g/mol. The number of aryl methyl sites for hydroxylation is 1. The molecule has 0 saturated heterocycles. The fraction of sp³-hybridized carbons (Fsp3) is 0.611. The number of fused-ring (bicyclic) bond motifs is 1. The standard InChI is InChI=1S/C18H26OS2/c1-2-3-4-5-6-7-8-9-10-11-15-17(14-19)21-16-12-13-20-18(15)16/h12-14H,2-11H2,1H3. The van der Waals surface area contributed by atoms with E-state index in [1.165, 1.54) is 72.8 Å². The molecule has 2 heterocycles. The van der Waals surface area contributed by atoms with E-state index in [0.717, 1.165) is 17.6 Å². The molecule has 0 spiro atoms. The third-order valence-electron chi connectivity index (χ3n) is 4.06. The van der Waals surface area contributed by atoms with Crippen LogP contribution in [0, 0.1) is 0 Å². The van der Waals surface area contributed by atoms with Gasteiger partial charge in [-0.1, -0.05) is 58.3 Å². The number of hydrogen-bond acceptors (Lipinski definition) is 3. The van der Waals surface area contributed by atoms with Gasteiger partial charge in [0, 0.05) is 9.40 Å². The Kier molecular flexibility index (Phi) is 7.45. The zero-order valence-corrected chi connectivity index (χ0v) is 14.7. The molecule has 2 rings (SSSR count). The molecule has 0 amide bonds. The number of thiophene rings is 2. The van der Waals surface area contributed by atoms with Crippen molar-refractivity contribution in [3.05, 3.63) is 21.9 Å². The first-order valence-corrected chi connectivity index (χ1v) is 10.0. The van der Waals surface area contributed by atoms with Gasteiger partial charge in [0.05, 0.1) is 4.88 Å². The van der Waals surface area contributed by atoms with Gasteiger partial charge < -0.3 is 0 Å². The molecule has 0 aliphatic heterocycles. The van der Waals surface area contributed by atoms with E-state index in [0.29, 0.717) is 0 Å². The molecule has 0 atom stereocenters. The van der Waals surface area contributed by atoms with Crippen LogP contribution in [0.4, 0.5) is 0 Å². The molecule has 0 saturated carbocycles. The molecule has 21 heavy (non-hydrogen) atoms. The van der Waals surface area contributed by atoms with Crippen molar-refractivity contribution in [1.82, 2.24) is 0 Å². The van der Waals surface area contributed by atoms with E-state index in [2.05, 4.69) is 18.4 Å². The van der Waals surface area contributed by atoms with Crippen LogP contribution < -0.4 is 0 Å². The summed E-state index contributed by atoms with van der Waals surface area (Å²) in [6.07, 6.45) is 14.3. The van der Waals surface area contributed by atoms with Crippen LogP contribution in [0.2, 0.25) is 0 Å². The van der Waals surface area contributed by atoms with Crippen LogP contribution in [0.15, 0.2) is 11.4 Å². The summed E-state index contributed by atoms with van der Waals surface area (Å²) >= 11 is 3.43. The third-order valence-corrected chi connectivity index (χ3v) is 6.28. The Labute approximate surface area is 136 Å². The van der Waals surface area contributed by atoms with Crippen LogP contribution in [-0.4, -0.2) is 6.29 Å². The predicted octanol–water partition coefficient (Wildman–Crippen LogP) is 6.85. The first kappa shape index (κ1) is 16.7. The quantitative estimate of drug-likeness (QED) is 0.326.